The smallest absolute Gasteiger partial charge is 0.306 e. The lowest BCUT2D eigenvalue weighted by Crippen LogP contribution is -2.30. The number of carbonyl (C=O) groups excluding carboxylic acids is 3. The fraction of sp³-hybridized carbons (Fsp3) is 0.885. The van der Waals surface area contributed by atoms with E-state index in [-0.39, 0.29) is 31.1 Å². The Morgan fingerprint density at radius 3 is 0.836 bits per heavy atom. The van der Waals surface area contributed by atoms with Crippen LogP contribution in [0.15, 0.2) is 24.3 Å². The fourth-order valence-electron chi connectivity index (χ4n) is 8.95. The summed E-state index contributed by atoms with van der Waals surface area (Å²) in [4.78, 5) is 38.2. The first-order valence-corrected chi connectivity index (χ1v) is 29.8. The molecule has 0 amide bonds. The average molecular weight is 944 g/mol. The van der Waals surface area contributed by atoms with Gasteiger partial charge in [-0.3, -0.25) is 14.4 Å². The van der Waals surface area contributed by atoms with Gasteiger partial charge in [-0.15, -0.1) is 0 Å². The molecule has 6 heteroatoms. The summed E-state index contributed by atoms with van der Waals surface area (Å²) in [5.74, 6) is -0.852. The van der Waals surface area contributed by atoms with Crippen LogP contribution in [0.5, 0.6) is 0 Å². The first kappa shape index (κ1) is 64.9. The van der Waals surface area contributed by atoms with E-state index in [4.69, 9.17) is 14.2 Å². The normalized spacial score (nSPS) is 12.1. The number of allylic oxidation sites excluding steroid dienone is 4. The summed E-state index contributed by atoms with van der Waals surface area (Å²) < 4.78 is 16.9. The summed E-state index contributed by atoms with van der Waals surface area (Å²) in [6, 6.07) is 0. The summed E-state index contributed by atoms with van der Waals surface area (Å²) >= 11 is 0. The van der Waals surface area contributed by atoms with Crippen molar-refractivity contribution in [3.63, 3.8) is 0 Å². The van der Waals surface area contributed by atoms with Gasteiger partial charge in [-0.1, -0.05) is 283 Å². The van der Waals surface area contributed by atoms with Gasteiger partial charge in [0, 0.05) is 19.3 Å². The zero-order chi connectivity index (χ0) is 48.6. The van der Waals surface area contributed by atoms with Gasteiger partial charge in [0.2, 0.25) is 0 Å². The minimum absolute atomic E-state index is 0.0679. The van der Waals surface area contributed by atoms with Gasteiger partial charge < -0.3 is 14.2 Å². The number of esters is 3. The molecule has 0 fully saturated rings. The maximum absolute atomic E-state index is 12.9. The molecule has 0 saturated carbocycles. The summed E-state index contributed by atoms with van der Waals surface area (Å²) in [6.45, 7) is 6.67. The van der Waals surface area contributed by atoms with Gasteiger partial charge >= 0.3 is 17.9 Å². The second-order valence-electron chi connectivity index (χ2n) is 20.3. The highest BCUT2D eigenvalue weighted by Crippen LogP contribution is 2.17. The Balaban J connectivity index is 4.33. The molecular weight excluding hydrogens is 829 g/mol. The predicted octanol–water partition coefficient (Wildman–Crippen LogP) is 19.9. The van der Waals surface area contributed by atoms with Crippen molar-refractivity contribution in [1.29, 1.82) is 0 Å². The number of ether oxygens (including phenoxy) is 3. The van der Waals surface area contributed by atoms with Gasteiger partial charge in [0.25, 0.3) is 0 Å². The van der Waals surface area contributed by atoms with Crippen molar-refractivity contribution in [3.8, 4) is 0 Å². The highest BCUT2D eigenvalue weighted by atomic mass is 16.6. The number of hydrogen-bond acceptors (Lipinski definition) is 6. The van der Waals surface area contributed by atoms with Crippen molar-refractivity contribution in [3.05, 3.63) is 24.3 Å². The lowest BCUT2D eigenvalue weighted by atomic mass is 10.0. The molecule has 0 aromatic rings. The van der Waals surface area contributed by atoms with Crippen molar-refractivity contribution in [2.24, 2.45) is 0 Å². The van der Waals surface area contributed by atoms with Crippen LogP contribution in [0.25, 0.3) is 0 Å². The molecule has 0 aromatic heterocycles. The molecule has 67 heavy (non-hydrogen) atoms. The molecule has 0 aliphatic heterocycles. The highest BCUT2D eigenvalue weighted by molar-refractivity contribution is 5.71. The van der Waals surface area contributed by atoms with Gasteiger partial charge in [0.05, 0.1) is 0 Å². The summed E-state index contributed by atoms with van der Waals surface area (Å²) in [7, 11) is 0. The van der Waals surface area contributed by atoms with E-state index in [1.54, 1.807) is 0 Å². The first-order chi connectivity index (χ1) is 33.0. The second-order valence-corrected chi connectivity index (χ2v) is 20.3. The van der Waals surface area contributed by atoms with Crippen LogP contribution in [0.4, 0.5) is 0 Å². The third-order valence-corrected chi connectivity index (χ3v) is 13.5. The van der Waals surface area contributed by atoms with E-state index >= 15 is 0 Å². The Labute approximate surface area is 417 Å². The molecule has 1 unspecified atom stereocenters. The van der Waals surface area contributed by atoms with Crippen molar-refractivity contribution < 1.29 is 28.6 Å². The molecule has 1 atom stereocenters. The van der Waals surface area contributed by atoms with E-state index in [1.807, 2.05) is 0 Å². The predicted molar refractivity (Wildman–Crippen MR) is 289 cm³/mol. The third kappa shape index (κ3) is 54.7. The third-order valence-electron chi connectivity index (χ3n) is 13.5. The van der Waals surface area contributed by atoms with Crippen molar-refractivity contribution >= 4 is 17.9 Å². The van der Waals surface area contributed by atoms with Crippen molar-refractivity contribution in [2.75, 3.05) is 13.2 Å². The Bertz CT molecular complexity index is 1080. The number of hydrogen-bond donors (Lipinski definition) is 0. The number of unbranched alkanes of at least 4 members (excludes halogenated alkanes) is 40. The first-order valence-electron chi connectivity index (χ1n) is 29.8. The standard InChI is InChI=1S/C61H114O6/c1-4-7-10-13-16-19-22-25-28-30-32-33-36-39-42-45-48-51-54-60(63)66-57-58(56-65-59(62)53-50-47-44-41-38-35-27-24-21-18-15-12-9-6-3)67-61(64)55-52-49-46-43-40-37-34-31-29-26-23-20-17-14-11-8-5-2/h19,22,28,30,58H,4-18,20-21,23-27,29,31-57H2,1-3H3/b22-19-,30-28-. The van der Waals surface area contributed by atoms with Crippen LogP contribution in [-0.2, 0) is 28.6 Å². The number of carbonyl (C=O) groups is 3. The van der Waals surface area contributed by atoms with Crippen LogP contribution < -0.4 is 0 Å². The quantitative estimate of drug-likeness (QED) is 0.0262. The Hall–Kier alpha value is -2.11. The van der Waals surface area contributed by atoms with Gasteiger partial charge in [-0.05, 0) is 51.4 Å². The molecule has 0 heterocycles. The molecule has 0 bridgehead atoms. The Morgan fingerprint density at radius 2 is 0.537 bits per heavy atom. The topological polar surface area (TPSA) is 78.9 Å². The SMILES string of the molecule is CCCCCC/C=C\C/C=C\CCCCCCCCCC(=O)OCC(COC(=O)CCCCCCCCCCCCCCCC)OC(=O)CCCCCCCCCCCCCCCCCCC. The van der Waals surface area contributed by atoms with E-state index in [9.17, 15) is 14.4 Å². The lowest BCUT2D eigenvalue weighted by Gasteiger charge is -2.18. The van der Waals surface area contributed by atoms with E-state index in [0.29, 0.717) is 19.3 Å². The van der Waals surface area contributed by atoms with Crippen molar-refractivity contribution in [2.45, 2.75) is 335 Å². The molecule has 0 rings (SSSR count). The van der Waals surface area contributed by atoms with Gasteiger partial charge in [0.15, 0.2) is 6.10 Å². The maximum atomic E-state index is 12.9. The highest BCUT2D eigenvalue weighted by Gasteiger charge is 2.19. The van der Waals surface area contributed by atoms with Crippen molar-refractivity contribution in [1.82, 2.24) is 0 Å². The molecule has 0 aliphatic rings. The molecule has 0 radical (unpaired) electrons. The second kappa shape index (κ2) is 56.5. The zero-order valence-electron chi connectivity index (χ0n) is 45.2. The van der Waals surface area contributed by atoms with Crippen LogP contribution in [0, 0.1) is 0 Å². The molecule has 0 aromatic carbocycles. The molecule has 0 saturated heterocycles. The summed E-state index contributed by atoms with van der Waals surface area (Å²) in [6.07, 6.45) is 65.9. The van der Waals surface area contributed by atoms with Crippen LogP contribution in [-0.4, -0.2) is 37.2 Å². The zero-order valence-corrected chi connectivity index (χ0v) is 45.2. The molecule has 0 spiro atoms. The van der Waals surface area contributed by atoms with E-state index < -0.39 is 6.10 Å². The van der Waals surface area contributed by atoms with E-state index in [1.165, 1.54) is 218 Å². The minimum Gasteiger partial charge on any atom is -0.462 e. The Morgan fingerprint density at radius 1 is 0.299 bits per heavy atom. The fourth-order valence-corrected chi connectivity index (χ4v) is 8.95. The van der Waals surface area contributed by atoms with Crippen LogP contribution >= 0.6 is 0 Å². The molecular formula is C61H114O6. The molecule has 0 aliphatic carbocycles. The number of rotatable bonds is 55. The van der Waals surface area contributed by atoms with Gasteiger partial charge in [-0.2, -0.15) is 0 Å². The van der Waals surface area contributed by atoms with Crippen LogP contribution in [0.1, 0.15) is 329 Å². The summed E-state index contributed by atoms with van der Waals surface area (Å²) in [5, 5.41) is 0. The van der Waals surface area contributed by atoms with Gasteiger partial charge in [-0.25, -0.2) is 0 Å². The minimum atomic E-state index is -0.769. The molecule has 6 nitrogen and oxygen atoms in total. The monoisotopic (exact) mass is 943 g/mol. The van der Waals surface area contributed by atoms with Crippen LogP contribution in [0.3, 0.4) is 0 Å². The van der Waals surface area contributed by atoms with Crippen LogP contribution in [0.2, 0.25) is 0 Å². The molecule has 394 valence electrons. The maximum Gasteiger partial charge on any atom is 0.306 e. The average Bonchev–Trinajstić information content (AvgIpc) is 3.33. The summed E-state index contributed by atoms with van der Waals surface area (Å²) in [5.41, 5.74) is 0. The molecule has 0 N–H and O–H groups in total. The Kier molecular flexibility index (Phi) is 54.7. The van der Waals surface area contributed by atoms with Gasteiger partial charge in [0.1, 0.15) is 13.2 Å². The van der Waals surface area contributed by atoms with E-state index in [2.05, 4.69) is 45.1 Å². The lowest BCUT2D eigenvalue weighted by molar-refractivity contribution is -0.167. The largest absolute Gasteiger partial charge is 0.462 e. The van der Waals surface area contributed by atoms with E-state index in [0.717, 1.165) is 70.6 Å².